The summed E-state index contributed by atoms with van der Waals surface area (Å²) in [6.07, 6.45) is 8.85. The van der Waals surface area contributed by atoms with Crippen molar-refractivity contribution in [2.45, 2.75) is 201 Å². The number of hydrogen-bond acceptors (Lipinski definition) is 6. The molecule has 0 amide bonds. The molecule has 0 spiro atoms. The van der Waals surface area contributed by atoms with Gasteiger partial charge < -0.3 is 18.1 Å². The second-order valence-electron chi connectivity index (χ2n) is 22.1. The molecule has 0 aliphatic rings. The van der Waals surface area contributed by atoms with Gasteiger partial charge in [-0.1, -0.05) is 107 Å². The molecule has 1 heterocycles. The number of aldehydes is 1. The summed E-state index contributed by atoms with van der Waals surface area (Å²) in [5.74, 6) is -0.160. The lowest BCUT2D eigenvalue weighted by Crippen LogP contribution is -2.54. The maximum Gasteiger partial charge on any atom is 0.192 e. The molecule has 0 fully saturated rings. The van der Waals surface area contributed by atoms with Crippen LogP contribution in [0.25, 0.3) is 10.1 Å². The summed E-state index contributed by atoms with van der Waals surface area (Å²) in [7, 11) is -6.60. The molecule has 0 saturated heterocycles. The van der Waals surface area contributed by atoms with Gasteiger partial charge in [0.1, 0.15) is 12.1 Å². The zero-order chi connectivity index (χ0) is 44.0. The summed E-state index contributed by atoms with van der Waals surface area (Å²) < 4.78 is 22.6. The van der Waals surface area contributed by atoms with Crippen LogP contribution in [0.2, 0.25) is 54.4 Å². The van der Waals surface area contributed by atoms with Crippen molar-refractivity contribution in [3.05, 3.63) is 59.5 Å². The number of allylic oxidation sites excluding steroid dienone is 2. The first-order valence-electron chi connectivity index (χ1n) is 21.6. The first kappa shape index (κ1) is 51.7. The fourth-order valence-electron chi connectivity index (χ4n) is 6.68. The lowest BCUT2D eigenvalue weighted by atomic mass is 9.71. The summed E-state index contributed by atoms with van der Waals surface area (Å²) in [6.45, 7) is 46.6. The maximum absolute atomic E-state index is 15.0. The normalized spacial score (nSPS) is 16.9. The molecule has 0 aliphatic carbocycles. The second-order valence-corrected chi connectivity index (χ2v) is 37.3. The van der Waals surface area contributed by atoms with Crippen molar-refractivity contribution in [3.63, 3.8) is 0 Å². The maximum atomic E-state index is 15.0. The first-order valence-corrected chi connectivity index (χ1v) is 31.2. The van der Waals surface area contributed by atoms with E-state index in [-0.39, 0.29) is 45.4 Å². The molecule has 0 aliphatic heterocycles. The SMILES string of the molecule is C=CC[C@@H](C(=O)C(C)(C)[C@H](CC=O)O[Si](C)(C)C(C)(C)C)C(O[Si](C)(C)C(C)(C)C)[C@@H](C)CCC/C(C)=C/C[C@H](O[Si](C)(C)C(C)(C)C)c1ccc2sccc2c1. The highest BCUT2D eigenvalue weighted by Crippen LogP contribution is 2.45. The number of benzene rings is 1. The molecule has 9 heteroatoms. The van der Waals surface area contributed by atoms with E-state index in [0.29, 0.717) is 6.42 Å². The van der Waals surface area contributed by atoms with Gasteiger partial charge in [-0.25, -0.2) is 0 Å². The minimum absolute atomic E-state index is 0.00382. The van der Waals surface area contributed by atoms with Crippen LogP contribution in [0.1, 0.15) is 140 Å². The highest BCUT2D eigenvalue weighted by Gasteiger charge is 2.50. The second kappa shape index (κ2) is 19.9. The van der Waals surface area contributed by atoms with Gasteiger partial charge >= 0.3 is 0 Å². The first-order chi connectivity index (χ1) is 25.8. The van der Waals surface area contributed by atoms with Crippen LogP contribution >= 0.6 is 11.3 Å². The smallest absolute Gasteiger partial charge is 0.192 e. The molecule has 2 rings (SSSR count). The van der Waals surface area contributed by atoms with Crippen molar-refractivity contribution in [3.8, 4) is 0 Å². The van der Waals surface area contributed by atoms with Gasteiger partial charge in [0.25, 0.3) is 0 Å². The molecule has 1 aromatic heterocycles. The van der Waals surface area contributed by atoms with Crippen LogP contribution in [-0.2, 0) is 22.9 Å². The van der Waals surface area contributed by atoms with E-state index in [4.69, 9.17) is 13.3 Å². The summed E-state index contributed by atoms with van der Waals surface area (Å²) >= 11 is 1.78. The van der Waals surface area contributed by atoms with Gasteiger partial charge in [0.2, 0.25) is 0 Å². The van der Waals surface area contributed by atoms with Crippen molar-refractivity contribution >= 4 is 58.4 Å². The van der Waals surface area contributed by atoms with Gasteiger partial charge in [0, 0.05) is 22.5 Å². The van der Waals surface area contributed by atoms with Crippen molar-refractivity contribution in [1.82, 2.24) is 0 Å². The monoisotopic (exact) mass is 857 g/mol. The predicted molar refractivity (Wildman–Crippen MR) is 256 cm³/mol. The Morgan fingerprint density at radius 1 is 0.789 bits per heavy atom. The third kappa shape index (κ3) is 13.8. The van der Waals surface area contributed by atoms with Crippen molar-refractivity contribution < 1.29 is 22.9 Å². The quantitative estimate of drug-likeness (QED) is 0.0671. The van der Waals surface area contributed by atoms with Gasteiger partial charge in [0.05, 0.1) is 18.3 Å². The molecule has 324 valence electrons. The molecule has 0 saturated carbocycles. The number of fused-ring (bicyclic) bond motifs is 1. The van der Waals surface area contributed by atoms with E-state index in [1.54, 1.807) is 11.3 Å². The zero-order valence-corrected chi connectivity index (χ0v) is 43.7. The van der Waals surface area contributed by atoms with Crippen LogP contribution < -0.4 is 0 Å². The molecule has 57 heavy (non-hydrogen) atoms. The van der Waals surface area contributed by atoms with Crippen molar-refractivity contribution in [2.24, 2.45) is 17.3 Å². The third-order valence-corrected chi connectivity index (χ3v) is 28.3. The van der Waals surface area contributed by atoms with Gasteiger partial charge in [0.15, 0.2) is 25.0 Å². The van der Waals surface area contributed by atoms with E-state index in [0.717, 1.165) is 32.0 Å². The van der Waals surface area contributed by atoms with E-state index in [1.807, 2.05) is 19.9 Å². The summed E-state index contributed by atoms with van der Waals surface area (Å²) in [4.78, 5) is 27.1. The number of thiophene rings is 1. The Bertz CT molecular complexity index is 1650. The van der Waals surface area contributed by atoms with E-state index in [1.165, 1.54) is 21.2 Å². The Morgan fingerprint density at radius 2 is 1.33 bits per heavy atom. The van der Waals surface area contributed by atoms with Crippen LogP contribution in [0.5, 0.6) is 0 Å². The third-order valence-electron chi connectivity index (χ3n) is 13.9. The lowest BCUT2D eigenvalue weighted by Gasteiger charge is -2.47. The van der Waals surface area contributed by atoms with Crippen LogP contribution in [0, 0.1) is 17.3 Å². The Balaban J connectivity index is 2.41. The zero-order valence-electron chi connectivity index (χ0n) is 39.9. The van der Waals surface area contributed by atoms with E-state index in [2.05, 4.69) is 158 Å². The fourth-order valence-corrected chi connectivity index (χ4v) is 11.6. The van der Waals surface area contributed by atoms with Crippen LogP contribution in [0.3, 0.4) is 0 Å². The molecule has 0 bridgehead atoms. The minimum atomic E-state index is -2.29. The van der Waals surface area contributed by atoms with Crippen LogP contribution in [0.4, 0.5) is 0 Å². The average Bonchev–Trinajstić information content (AvgIpc) is 3.54. The van der Waals surface area contributed by atoms with Crippen LogP contribution in [-0.4, -0.2) is 49.2 Å². The molecule has 1 aromatic carbocycles. The van der Waals surface area contributed by atoms with Gasteiger partial charge in [-0.05, 0) is 134 Å². The molecule has 5 atom stereocenters. The molecule has 2 aromatic rings. The molecular weight excluding hydrogens is 773 g/mol. The molecule has 1 unspecified atom stereocenters. The number of carbonyl (C=O) groups is 2. The Hall–Kier alpha value is -1.47. The largest absolute Gasteiger partial charge is 0.413 e. The van der Waals surface area contributed by atoms with Crippen LogP contribution in [0.15, 0.2) is 53.9 Å². The number of ketones is 1. The predicted octanol–water partition coefficient (Wildman–Crippen LogP) is 15.3. The van der Waals surface area contributed by atoms with E-state index < -0.39 is 42.4 Å². The minimum Gasteiger partial charge on any atom is -0.413 e. The standard InChI is InChI=1S/C48H84O5SSi3/c1-21-23-39(44(50)48(13,14)42(30-32-49)52-56(17,18)46(7,8)9)43(53-57(19,20)47(10,11)12)36(3)25-22-24-35(2)26-28-40(51-55(15,16)45(4,5)6)37-27-29-41-38(34-37)31-33-54-41/h21,26-27,29,31-34,36,39-40,42-43H,1,22-25,28,30H2,2-20H3/b35-26+/t36-,39+,40-,42-,43?/m0/s1. The Morgan fingerprint density at radius 3 is 1.86 bits per heavy atom. The average molecular weight is 858 g/mol. The Kier molecular flexibility index (Phi) is 18.1. The number of rotatable bonds is 22. The highest BCUT2D eigenvalue weighted by molar-refractivity contribution is 7.17. The highest BCUT2D eigenvalue weighted by atomic mass is 32.1. The van der Waals surface area contributed by atoms with Gasteiger partial charge in [-0.3, -0.25) is 4.79 Å². The molecular formula is C48H84O5SSi3. The summed E-state index contributed by atoms with van der Waals surface area (Å²) in [5, 5.41) is 3.48. The van der Waals surface area contributed by atoms with Crippen molar-refractivity contribution in [2.75, 3.05) is 0 Å². The summed E-state index contributed by atoms with van der Waals surface area (Å²) in [5.41, 5.74) is 1.72. The van der Waals surface area contributed by atoms with Crippen molar-refractivity contribution in [1.29, 1.82) is 0 Å². The fraction of sp³-hybridized carbons (Fsp3) is 0.708. The number of hydrogen-bond donors (Lipinski definition) is 0. The number of Topliss-reactive ketones (excluding diaryl/α,β-unsaturated/α-hetero) is 1. The topological polar surface area (TPSA) is 61.8 Å². The van der Waals surface area contributed by atoms with Gasteiger partial charge in [-0.2, -0.15) is 0 Å². The molecule has 0 N–H and O–H groups in total. The molecule has 5 nitrogen and oxygen atoms in total. The van der Waals surface area contributed by atoms with Gasteiger partial charge in [-0.15, -0.1) is 17.9 Å². The van der Waals surface area contributed by atoms with E-state index >= 15 is 4.79 Å². The number of carbonyl (C=O) groups excluding carboxylic acids is 2. The van der Waals surface area contributed by atoms with E-state index in [9.17, 15) is 4.79 Å². The lowest BCUT2D eigenvalue weighted by molar-refractivity contribution is -0.141. The molecule has 0 radical (unpaired) electrons. The Labute approximate surface area is 357 Å². The summed E-state index contributed by atoms with van der Waals surface area (Å²) in [6, 6.07) is 9.03.